The van der Waals surface area contributed by atoms with Crippen LogP contribution >= 0.6 is 0 Å². The molecular weight excluding hydrogens is 190 g/mol. The Hall–Kier alpha value is -1.16. The molecule has 1 heterocycles. The Morgan fingerprint density at radius 3 is 2.87 bits per heavy atom. The molecule has 1 rings (SSSR count). The predicted octanol–water partition coefficient (Wildman–Crippen LogP) is 0.797. The van der Waals surface area contributed by atoms with E-state index in [1.54, 1.807) is 12.1 Å². The molecule has 0 fully saturated rings. The van der Waals surface area contributed by atoms with Gasteiger partial charge in [0.05, 0.1) is 12.2 Å². The molecule has 0 aliphatic carbocycles. The van der Waals surface area contributed by atoms with Gasteiger partial charge in [-0.3, -0.25) is 4.79 Å². The highest BCUT2D eigenvalue weighted by Gasteiger charge is 1.97. The van der Waals surface area contributed by atoms with E-state index in [-0.39, 0.29) is 5.56 Å². The van der Waals surface area contributed by atoms with E-state index in [9.17, 15) is 4.79 Å². The van der Waals surface area contributed by atoms with Gasteiger partial charge in [-0.15, -0.1) is 0 Å². The van der Waals surface area contributed by atoms with E-state index < -0.39 is 0 Å². The summed E-state index contributed by atoms with van der Waals surface area (Å²) in [4.78, 5) is 11.4. The SMILES string of the molecule is Cc1ccc(=O)n(CCNCC(C)C)n1. The Labute approximate surface area is 90.3 Å². The van der Waals surface area contributed by atoms with Gasteiger partial charge in [0.25, 0.3) is 5.56 Å². The molecule has 0 saturated heterocycles. The standard InChI is InChI=1S/C11H19N3O/c1-9(2)8-12-6-7-14-11(15)5-4-10(3)13-14/h4-5,9,12H,6-8H2,1-3H3. The molecule has 0 saturated carbocycles. The van der Waals surface area contributed by atoms with Gasteiger partial charge >= 0.3 is 0 Å². The maximum absolute atomic E-state index is 11.4. The highest BCUT2D eigenvalue weighted by molar-refractivity contribution is 4.96. The van der Waals surface area contributed by atoms with Crippen molar-refractivity contribution in [2.75, 3.05) is 13.1 Å². The van der Waals surface area contributed by atoms with E-state index in [1.165, 1.54) is 4.68 Å². The lowest BCUT2D eigenvalue weighted by Crippen LogP contribution is -2.30. The van der Waals surface area contributed by atoms with Crippen LogP contribution in [0.4, 0.5) is 0 Å². The van der Waals surface area contributed by atoms with Crippen molar-refractivity contribution in [3.8, 4) is 0 Å². The average molecular weight is 209 g/mol. The fraction of sp³-hybridized carbons (Fsp3) is 0.636. The lowest BCUT2D eigenvalue weighted by molar-refractivity contribution is 0.492. The zero-order valence-electron chi connectivity index (χ0n) is 9.66. The smallest absolute Gasteiger partial charge is 0.266 e. The fourth-order valence-electron chi connectivity index (χ4n) is 1.29. The summed E-state index contributed by atoms with van der Waals surface area (Å²) >= 11 is 0. The molecule has 0 radical (unpaired) electrons. The normalized spacial score (nSPS) is 10.9. The third-order valence-corrected chi connectivity index (χ3v) is 2.05. The molecule has 84 valence electrons. The quantitative estimate of drug-likeness (QED) is 0.730. The lowest BCUT2D eigenvalue weighted by atomic mass is 10.2. The van der Waals surface area contributed by atoms with Crippen LogP contribution in [0.15, 0.2) is 16.9 Å². The molecule has 1 aromatic rings. The van der Waals surface area contributed by atoms with E-state index >= 15 is 0 Å². The van der Waals surface area contributed by atoms with Crippen LogP contribution in [-0.4, -0.2) is 22.9 Å². The molecular formula is C11H19N3O. The first kappa shape index (κ1) is 11.9. The molecule has 0 aliphatic heterocycles. The Balaban J connectivity index is 2.43. The molecule has 4 nitrogen and oxygen atoms in total. The minimum Gasteiger partial charge on any atom is -0.315 e. The van der Waals surface area contributed by atoms with Crippen LogP contribution in [-0.2, 0) is 6.54 Å². The van der Waals surface area contributed by atoms with Crippen molar-refractivity contribution in [1.82, 2.24) is 15.1 Å². The number of aryl methyl sites for hydroxylation is 1. The third-order valence-electron chi connectivity index (χ3n) is 2.05. The summed E-state index contributed by atoms with van der Waals surface area (Å²) in [6.45, 7) is 8.59. The van der Waals surface area contributed by atoms with Crippen LogP contribution < -0.4 is 10.9 Å². The minimum absolute atomic E-state index is 0.0352. The van der Waals surface area contributed by atoms with Crippen molar-refractivity contribution < 1.29 is 0 Å². The number of rotatable bonds is 5. The number of nitrogens with one attached hydrogen (secondary N) is 1. The molecule has 0 bridgehead atoms. The molecule has 4 heteroatoms. The maximum Gasteiger partial charge on any atom is 0.266 e. The first-order chi connectivity index (χ1) is 7.09. The van der Waals surface area contributed by atoms with Crippen molar-refractivity contribution in [2.45, 2.75) is 27.3 Å². The largest absolute Gasteiger partial charge is 0.315 e. The predicted molar refractivity (Wildman–Crippen MR) is 60.9 cm³/mol. The second-order valence-corrected chi connectivity index (χ2v) is 4.13. The van der Waals surface area contributed by atoms with E-state index in [0.29, 0.717) is 12.5 Å². The molecule has 0 aliphatic rings. The highest BCUT2D eigenvalue weighted by atomic mass is 16.1. The number of hydrogen-bond acceptors (Lipinski definition) is 3. The Morgan fingerprint density at radius 1 is 1.47 bits per heavy atom. The van der Waals surface area contributed by atoms with Gasteiger partial charge in [0, 0.05) is 12.6 Å². The van der Waals surface area contributed by atoms with E-state index in [1.807, 2.05) is 6.92 Å². The van der Waals surface area contributed by atoms with Gasteiger partial charge in [-0.25, -0.2) is 4.68 Å². The molecule has 0 amide bonds. The van der Waals surface area contributed by atoms with Gasteiger partial charge in [-0.05, 0) is 25.5 Å². The van der Waals surface area contributed by atoms with Crippen LogP contribution in [0.1, 0.15) is 19.5 Å². The first-order valence-corrected chi connectivity index (χ1v) is 5.35. The van der Waals surface area contributed by atoms with Crippen LogP contribution in [0.3, 0.4) is 0 Å². The molecule has 0 atom stereocenters. The van der Waals surface area contributed by atoms with Crippen LogP contribution in [0, 0.1) is 12.8 Å². The molecule has 1 N–H and O–H groups in total. The second kappa shape index (κ2) is 5.66. The molecule has 0 unspecified atom stereocenters. The number of nitrogens with zero attached hydrogens (tertiary/aromatic N) is 2. The van der Waals surface area contributed by atoms with Crippen molar-refractivity contribution in [2.24, 2.45) is 5.92 Å². The van der Waals surface area contributed by atoms with E-state index in [4.69, 9.17) is 0 Å². The summed E-state index contributed by atoms with van der Waals surface area (Å²) in [5.74, 6) is 0.632. The maximum atomic E-state index is 11.4. The van der Waals surface area contributed by atoms with Crippen LogP contribution in [0.25, 0.3) is 0 Å². The van der Waals surface area contributed by atoms with Gasteiger partial charge in [-0.1, -0.05) is 13.8 Å². The summed E-state index contributed by atoms with van der Waals surface area (Å²) < 4.78 is 1.50. The summed E-state index contributed by atoms with van der Waals surface area (Å²) in [6.07, 6.45) is 0. The minimum atomic E-state index is -0.0352. The third kappa shape index (κ3) is 4.25. The Morgan fingerprint density at radius 2 is 2.20 bits per heavy atom. The Kier molecular flexibility index (Phi) is 4.49. The fourth-order valence-corrected chi connectivity index (χ4v) is 1.29. The topological polar surface area (TPSA) is 46.9 Å². The summed E-state index contributed by atoms with van der Waals surface area (Å²) in [6, 6.07) is 3.30. The van der Waals surface area contributed by atoms with Crippen molar-refractivity contribution in [3.63, 3.8) is 0 Å². The average Bonchev–Trinajstić information content (AvgIpc) is 2.17. The monoisotopic (exact) mass is 209 g/mol. The first-order valence-electron chi connectivity index (χ1n) is 5.35. The Bertz CT molecular complexity index is 357. The molecule has 15 heavy (non-hydrogen) atoms. The van der Waals surface area contributed by atoms with E-state index in [2.05, 4.69) is 24.3 Å². The molecule has 0 aromatic carbocycles. The summed E-state index contributed by atoms with van der Waals surface area (Å²) in [5, 5.41) is 7.43. The second-order valence-electron chi connectivity index (χ2n) is 4.13. The number of hydrogen-bond donors (Lipinski definition) is 1. The summed E-state index contributed by atoms with van der Waals surface area (Å²) in [5.41, 5.74) is 0.838. The molecule has 1 aromatic heterocycles. The van der Waals surface area contributed by atoms with Crippen LogP contribution in [0.2, 0.25) is 0 Å². The van der Waals surface area contributed by atoms with Gasteiger partial charge in [0.15, 0.2) is 0 Å². The lowest BCUT2D eigenvalue weighted by Gasteiger charge is -2.08. The highest BCUT2D eigenvalue weighted by Crippen LogP contribution is 1.87. The van der Waals surface area contributed by atoms with Crippen LogP contribution in [0.5, 0.6) is 0 Å². The van der Waals surface area contributed by atoms with Gasteiger partial charge in [0.1, 0.15) is 0 Å². The summed E-state index contributed by atoms with van der Waals surface area (Å²) in [7, 11) is 0. The van der Waals surface area contributed by atoms with Gasteiger partial charge in [0.2, 0.25) is 0 Å². The van der Waals surface area contributed by atoms with Gasteiger partial charge < -0.3 is 5.32 Å². The zero-order valence-corrected chi connectivity index (χ0v) is 9.66. The van der Waals surface area contributed by atoms with Crippen molar-refractivity contribution in [3.05, 3.63) is 28.2 Å². The number of aromatic nitrogens is 2. The van der Waals surface area contributed by atoms with Crippen molar-refractivity contribution in [1.29, 1.82) is 0 Å². The molecule has 0 spiro atoms. The van der Waals surface area contributed by atoms with Crippen molar-refractivity contribution >= 4 is 0 Å². The zero-order chi connectivity index (χ0) is 11.3. The van der Waals surface area contributed by atoms with E-state index in [0.717, 1.165) is 18.8 Å². The van der Waals surface area contributed by atoms with Gasteiger partial charge in [-0.2, -0.15) is 5.10 Å².